The minimum atomic E-state index is -0.912. The van der Waals surface area contributed by atoms with Gasteiger partial charge < -0.3 is 5.32 Å². The van der Waals surface area contributed by atoms with Crippen LogP contribution in [0.2, 0.25) is 0 Å². The summed E-state index contributed by atoms with van der Waals surface area (Å²) in [6.07, 6.45) is 6.12. The zero-order chi connectivity index (χ0) is 21.9. The minimum Gasteiger partial charge on any atom is -0.337 e. The van der Waals surface area contributed by atoms with Gasteiger partial charge in [-0.25, -0.2) is 4.98 Å². The maximum Gasteiger partial charge on any atom is 0.263 e. The average Bonchev–Trinajstić information content (AvgIpc) is 3.28. The predicted molar refractivity (Wildman–Crippen MR) is 123 cm³/mol. The Morgan fingerprint density at radius 1 is 1.40 bits per heavy atom. The molecule has 0 aromatic carbocycles. The zero-order valence-electron chi connectivity index (χ0n) is 18.2. The van der Waals surface area contributed by atoms with Gasteiger partial charge in [-0.05, 0) is 44.1 Å². The Kier molecular flexibility index (Phi) is 7.25. The number of hydrogen-bond donors (Lipinski definition) is 1. The number of thiophene rings is 1. The first-order valence-corrected chi connectivity index (χ1v) is 12.5. The van der Waals surface area contributed by atoms with Crippen molar-refractivity contribution in [2.24, 2.45) is 5.92 Å². The third-order valence-electron chi connectivity index (χ3n) is 5.89. The second-order valence-electron chi connectivity index (χ2n) is 8.40. The summed E-state index contributed by atoms with van der Waals surface area (Å²) in [6, 6.07) is 2.20. The van der Waals surface area contributed by atoms with Crippen LogP contribution in [-0.2, 0) is 24.2 Å². The molecule has 2 heterocycles. The summed E-state index contributed by atoms with van der Waals surface area (Å²) in [6.45, 7) is 8.31. The molecule has 6 nitrogen and oxygen atoms in total. The highest BCUT2D eigenvalue weighted by Gasteiger charge is 2.30. The standard InChI is InChI=1S/C22H30N4O2S2/c1-5-6-7-11-26-20(28)18-15-9-8-10-16(15)30-19(18)24-21(26)29-12-17(27)25-22(4,13-23)14(2)3/h14H,5-12H2,1-4H3,(H,25,27)/t22-/m0/s1. The fourth-order valence-corrected chi connectivity index (χ4v) is 5.77. The number of amides is 1. The Balaban J connectivity index is 1.87. The maximum atomic E-state index is 13.3. The molecule has 30 heavy (non-hydrogen) atoms. The Labute approximate surface area is 186 Å². The molecule has 3 rings (SSSR count). The largest absolute Gasteiger partial charge is 0.337 e. The molecule has 0 radical (unpaired) electrons. The Morgan fingerprint density at radius 2 is 2.17 bits per heavy atom. The molecule has 2 aromatic rings. The van der Waals surface area contributed by atoms with Gasteiger partial charge in [-0.15, -0.1) is 11.3 Å². The van der Waals surface area contributed by atoms with Crippen molar-refractivity contribution in [3.8, 4) is 6.07 Å². The lowest BCUT2D eigenvalue weighted by Crippen LogP contribution is -2.49. The molecule has 0 saturated carbocycles. The van der Waals surface area contributed by atoms with Crippen LogP contribution in [0.3, 0.4) is 0 Å². The van der Waals surface area contributed by atoms with Crippen molar-refractivity contribution >= 4 is 39.2 Å². The van der Waals surface area contributed by atoms with E-state index < -0.39 is 5.54 Å². The molecule has 0 saturated heterocycles. The zero-order valence-corrected chi connectivity index (χ0v) is 19.8. The normalized spacial score (nSPS) is 15.2. The van der Waals surface area contributed by atoms with E-state index in [-0.39, 0.29) is 23.1 Å². The van der Waals surface area contributed by atoms with E-state index in [0.29, 0.717) is 11.7 Å². The van der Waals surface area contributed by atoms with Crippen LogP contribution in [0.25, 0.3) is 10.2 Å². The topological polar surface area (TPSA) is 87.8 Å². The van der Waals surface area contributed by atoms with Crippen LogP contribution in [0.1, 0.15) is 63.8 Å². The Morgan fingerprint density at radius 3 is 2.83 bits per heavy atom. The lowest BCUT2D eigenvalue weighted by Gasteiger charge is -2.27. The molecule has 0 bridgehead atoms. The van der Waals surface area contributed by atoms with Crippen molar-refractivity contribution in [3.05, 3.63) is 20.8 Å². The van der Waals surface area contributed by atoms with Crippen LogP contribution in [0.15, 0.2) is 9.95 Å². The molecular weight excluding hydrogens is 416 g/mol. The van der Waals surface area contributed by atoms with Crippen molar-refractivity contribution < 1.29 is 4.79 Å². The van der Waals surface area contributed by atoms with Gasteiger partial charge in [0.15, 0.2) is 5.16 Å². The number of aromatic nitrogens is 2. The van der Waals surface area contributed by atoms with Crippen LogP contribution < -0.4 is 10.9 Å². The third kappa shape index (κ3) is 4.57. The summed E-state index contributed by atoms with van der Waals surface area (Å²) >= 11 is 2.91. The average molecular weight is 447 g/mol. The monoisotopic (exact) mass is 446 g/mol. The number of fused-ring (bicyclic) bond motifs is 3. The van der Waals surface area contributed by atoms with Gasteiger partial charge in [0.1, 0.15) is 10.4 Å². The summed E-state index contributed by atoms with van der Waals surface area (Å²) in [7, 11) is 0. The van der Waals surface area contributed by atoms with Gasteiger partial charge in [0.05, 0.1) is 17.2 Å². The van der Waals surface area contributed by atoms with Crippen LogP contribution in [0, 0.1) is 17.2 Å². The van der Waals surface area contributed by atoms with Gasteiger partial charge in [0.25, 0.3) is 5.56 Å². The quantitative estimate of drug-likeness (QED) is 0.353. The van der Waals surface area contributed by atoms with Crippen LogP contribution in [0.5, 0.6) is 0 Å². The fraction of sp³-hybridized carbons (Fsp3) is 0.636. The SMILES string of the molecule is CCCCCn1c(SCC(=O)N[C@@](C)(C#N)C(C)C)nc2sc3c(c2c1=O)CCC3. The van der Waals surface area contributed by atoms with E-state index in [1.807, 2.05) is 13.8 Å². The van der Waals surface area contributed by atoms with Crippen LogP contribution >= 0.6 is 23.1 Å². The summed E-state index contributed by atoms with van der Waals surface area (Å²) in [4.78, 5) is 32.8. The van der Waals surface area contributed by atoms with Crippen molar-refractivity contribution in [3.63, 3.8) is 0 Å². The number of nitriles is 1. The highest BCUT2D eigenvalue weighted by Crippen LogP contribution is 2.35. The van der Waals surface area contributed by atoms with E-state index in [1.165, 1.54) is 22.2 Å². The van der Waals surface area contributed by atoms with Gasteiger partial charge in [0.2, 0.25) is 5.91 Å². The fourth-order valence-electron chi connectivity index (χ4n) is 3.64. The number of carbonyl (C=O) groups excluding carboxylic acids is 1. The number of unbranched alkanes of at least 4 members (excludes halogenated alkanes) is 2. The van der Waals surface area contributed by atoms with Gasteiger partial charge in [-0.1, -0.05) is 45.4 Å². The third-order valence-corrected chi connectivity index (χ3v) is 8.06. The van der Waals surface area contributed by atoms with Crippen LogP contribution in [0.4, 0.5) is 0 Å². The number of carbonyl (C=O) groups is 1. The molecule has 1 aliphatic carbocycles. The number of aryl methyl sites for hydroxylation is 2. The minimum absolute atomic E-state index is 0.00773. The maximum absolute atomic E-state index is 13.3. The molecule has 0 aliphatic heterocycles. The second-order valence-corrected chi connectivity index (χ2v) is 10.4. The van der Waals surface area contributed by atoms with Gasteiger partial charge in [-0.2, -0.15) is 5.26 Å². The van der Waals surface area contributed by atoms with E-state index in [0.717, 1.165) is 48.7 Å². The molecule has 162 valence electrons. The Bertz CT molecular complexity index is 1030. The van der Waals surface area contributed by atoms with Gasteiger partial charge in [0, 0.05) is 11.4 Å². The molecule has 0 fully saturated rings. The highest BCUT2D eigenvalue weighted by atomic mass is 32.2. The van der Waals surface area contributed by atoms with Crippen molar-refractivity contribution in [1.29, 1.82) is 5.26 Å². The summed E-state index contributed by atoms with van der Waals surface area (Å²) < 4.78 is 1.76. The van der Waals surface area contributed by atoms with Crippen molar-refractivity contribution in [2.45, 2.75) is 83.5 Å². The number of hydrogen-bond acceptors (Lipinski definition) is 6. The van der Waals surface area contributed by atoms with E-state index in [1.54, 1.807) is 22.8 Å². The molecule has 1 amide bonds. The lowest BCUT2D eigenvalue weighted by atomic mass is 9.90. The van der Waals surface area contributed by atoms with Gasteiger partial charge >= 0.3 is 0 Å². The summed E-state index contributed by atoms with van der Waals surface area (Å²) in [5.41, 5.74) is 0.305. The van der Waals surface area contributed by atoms with E-state index >= 15 is 0 Å². The summed E-state index contributed by atoms with van der Waals surface area (Å²) in [5.74, 6) is -0.103. The van der Waals surface area contributed by atoms with E-state index in [2.05, 4.69) is 18.3 Å². The van der Waals surface area contributed by atoms with Gasteiger partial charge in [-0.3, -0.25) is 14.2 Å². The van der Waals surface area contributed by atoms with Crippen molar-refractivity contribution in [2.75, 3.05) is 5.75 Å². The first kappa shape index (κ1) is 22.8. The lowest BCUT2D eigenvalue weighted by molar-refractivity contribution is -0.120. The summed E-state index contributed by atoms with van der Waals surface area (Å²) in [5, 5.41) is 13.7. The molecule has 1 N–H and O–H groups in total. The molecule has 2 aromatic heterocycles. The molecule has 8 heteroatoms. The molecule has 1 aliphatic rings. The first-order valence-electron chi connectivity index (χ1n) is 10.7. The number of nitrogens with one attached hydrogen (secondary N) is 1. The molecule has 0 spiro atoms. The van der Waals surface area contributed by atoms with Crippen molar-refractivity contribution in [1.82, 2.24) is 14.9 Å². The number of thioether (sulfide) groups is 1. The molecule has 0 unspecified atom stereocenters. The molecular formula is C22H30N4O2S2. The second kappa shape index (κ2) is 9.52. The first-order chi connectivity index (χ1) is 14.3. The number of nitrogens with zero attached hydrogens (tertiary/aromatic N) is 3. The highest BCUT2D eigenvalue weighted by molar-refractivity contribution is 7.99. The molecule has 1 atom stereocenters. The predicted octanol–water partition coefficient (Wildman–Crippen LogP) is 4.28. The van der Waals surface area contributed by atoms with Crippen LogP contribution in [-0.4, -0.2) is 26.8 Å². The van der Waals surface area contributed by atoms with E-state index in [9.17, 15) is 14.9 Å². The number of rotatable bonds is 9. The Hall–Kier alpha value is -1.85. The van der Waals surface area contributed by atoms with E-state index in [4.69, 9.17) is 4.98 Å². The smallest absolute Gasteiger partial charge is 0.263 e.